The van der Waals surface area contributed by atoms with Crippen LogP contribution in [0.3, 0.4) is 0 Å². The van der Waals surface area contributed by atoms with Gasteiger partial charge >= 0.3 is 0 Å². The second kappa shape index (κ2) is 8.04. The summed E-state index contributed by atoms with van der Waals surface area (Å²) in [5, 5.41) is 3.52. The molecular formula is C26H29N3OS. The maximum absolute atomic E-state index is 12.6. The van der Waals surface area contributed by atoms with Crippen LogP contribution in [-0.2, 0) is 4.79 Å². The number of hydrogen-bond donors (Lipinski definition) is 1. The van der Waals surface area contributed by atoms with Crippen molar-refractivity contribution in [1.82, 2.24) is 5.32 Å². The lowest BCUT2D eigenvalue weighted by atomic mass is 9.88. The fraction of sp³-hybridized carbons (Fsp3) is 0.308. The van der Waals surface area contributed by atoms with Gasteiger partial charge in [-0.05, 0) is 94.3 Å². The number of nitrogens with one attached hydrogen (secondary N) is 1. The van der Waals surface area contributed by atoms with Gasteiger partial charge in [-0.2, -0.15) is 0 Å². The van der Waals surface area contributed by atoms with E-state index in [1.54, 1.807) is 0 Å². The van der Waals surface area contributed by atoms with Crippen LogP contribution in [0.4, 0.5) is 11.4 Å². The number of carbonyl (C=O) groups is 1. The van der Waals surface area contributed by atoms with Gasteiger partial charge in [0.25, 0.3) is 5.91 Å². The van der Waals surface area contributed by atoms with Crippen molar-refractivity contribution >= 4 is 45.9 Å². The minimum Gasteiger partial charge on any atom is -0.363 e. The van der Waals surface area contributed by atoms with Crippen molar-refractivity contribution in [2.75, 3.05) is 11.4 Å². The van der Waals surface area contributed by atoms with Crippen molar-refractivity contribution in [3.05, 3.63) is 69.6 Å². The molecule has 0 atom stereocenters. The molecule has 0 unspecified atom stereocenters. The Hall–Kier alpha value is -2.79. The molecule has 0 aliphatic carbocycles. The largest absolute Gasteiger partial charge is 0.363 e. The maximum Gasteiger partial charge on any atom is 0.264 e. The predicted molar refractivity (Wildman–Crippen MR) is 134 cm³/mol. The van der Waals surface area contributed by atoms with E-state index < -0.39 is 0 Å². The van der Waals surface area contributed by atoms with E-state index in [-0.39, 0.29) is 11.4 Å². The van der Waals surface area contributed by atoms with Gasteiger partial charge < -0.3 is 10.2 Å². The number of amidine groups is 1. The number of allylic oxidation sites excluding steroid dienone is 1. The summed E-state index contributed by atoms with van der Waals surface area (Å²) < 4.78 is 0. The second-order valence-electron chi connectivity index (χ2n) is 8.77. The van der Waals surface area contributed by atoms with Crippen molar-refractivity contribution in [2.24, 2.45) is 4.99 Å². The standard InChI is InChI=1S/C26H29N3OS/c1-7-29-22-11-9-19(13-20(22)18(4)15-26(29,5)6)14-23-24(30)28-25(31-23)27-21-10-8-16(2)12-17(21)3/h8-15H,7H2,1-6H3,(H,27,28,30)/b23-14+. The van der Waals surface area contributed by atoms with Crippen molar-refractivity contribution in [1.29, 1.82) is 0 Å². The van der Waals surface area contributed by atoms with Gasteiger partial charge in [-0.3, -0.25) is 4.79 Å². The van der Waals surface area contributed by atoms with Crippen LogP contribution in [0.15, 0.2) is 52.4 Å². The predicted octanol–water partition coefficient (Wildman–Crippen LogP) is 6.22. The lowest BCUT2D eigenvalue weighted by molar-refractivity contribution is -0.115. The lowest BCUT2D eigenvalue weighted by Gasteiger charge is -2.42. The van der Waals surface area contributed by atoms with Gasteiger partial charge in [0.2, 0.25) is 0 Å². The number of anilines is 1. The molecule has 31 heavy (non-hydrogen) atoms. The maximum atomic E-state index is 12.6. The summed E-state index contributed by atoms with van der Waals surface area (Å²) in [6.45, 7) is 13.9. The first-order valence-electron chi connectivity index (χ1n) is 10.7. The number of aliphatic imine (C=N–C) groups is 1. The summed E-state index contributed by atoms with van der Waals surface area (Å²) in [7, 11) is 0. The van der Waals surface area contributed by atoms with Crippen LogP contribution in [0.1, 0.15) is 49.9 Å². The van der Waals surface area contributed by atoms with Gasteiger partial charge in [0.05, 0.1) is 16.1 Å². The molecule has 5 heteroatoms. The number of nitrogens with zero attached hydrogens (tertiary/aromatic N) is 2. The average Bonchev–Trinajstić information content (AvgIpc) is 3.03. The van der Waals surface area contributed by atoms with E-state index >= 15 is 0 Å². The molecule has 0 saturated carbocycles. The zero-order valence-corrected chi connectivity index (χ0v) is 19.9. The molecule has 4 nitrogen and oxygen atoms in total. The zero-order valence-electron chi connectivity index (χ0n) is 19.0. The Balaban J connectivity index is 1.63. The monoisotopic (exact) mass is 431 g/mol. The van der Waals surface area contributed by atoms with Gasteiger partial charge in [0.1, 0.15) is 0 Å². The molecule has 2 aliphatic heterocycles. The minimum atomic E-state index is -0.102. The average molecular weight is 432 g/mol. The Labute approximate surface area is 189 Å². The number of likely N-dealkylation sites (N-methyl/N-ethyl adjacent to an activating group) is 1. The van der Waals surface area contributed by atoms with Crippen molar-refractivity contribution in [3.63, 3.8) is 0 Å². The lowest BCUT2D eigenvalue weighted by Crippen LogP contribution is -2.44. The van der Waals surface area contributed by atoms with Crippen LogP contribution in [0.2, 0.25) is 0 Å². The summed E-state index contributed by atoms with van der Waals surface area (Å²) in [6.07, 6.45) is 4.27. The molecule has 1 amide bonds. The highest BCUT2D eigenvalue weighted by atomic mass is 32.2. The molecule has 160 valence electrons. The third-order valence-electron chi connectivity index (χ3n) is 5.84. The van der Waals surface area contributed by atoms with Crippen LogP contribution in [0, 0.1) is 13.8 Å². The molecular weight excluding hydrogens is 402 g/mol. The van der Waals surface area contributed by atoms with Crippen LogP contribution in [0.5, 0.6) is 0 Å². The van der Waals surface area contributed by atoms with Crippen LogP contribution in [0.25, 0.3) is 11.6 Å². The van der Waals surface area contributed by atoms with Crippen molar-refractivity contribution in [3.8, 4) is 0 Å². The molecule has 2 heterocycles. The Kier molecular flexibility index (Phi) is 5.56. The van der Waals surface area contributed by atoms with E-state index in [1.165, 1.54) is 34.1 Å². The van der Waals surface area contributed by atoms with E-state index in [1.807, 2.05) is 25.1 Å². The second-order valence-corrected chi connectivity index (χ2v) is 9.80. The number of benzene rings is 2. The Morgan fingerprint density at radius 1 is 1.13 bits per heavy atom. The molecule has 0 bridgehead atoms. The normalized spacial score (nSPS) is 20.1. The number of amides is 1. The number of carbonyl (C=O) groups excluding carboxylic acids is 1. The van der Waals surface area contributed by atoms with Crippen molar-refractivity contribution < 1.29 is 4.79 Å². The first-order valence-corrected chi connectivity index (χ1v) is 11.5. The third kappa shape index (κ3) is 4.19. The quantitative estimate of drug-likeness (QED) is 0.587. The van der Waals surface area contributed by atoms with Gasteiger partial charge in [0, 0.05) is 17.8 Å². The SMILES string of the molecule is CCN1c2ccc(/C=C3/SC(=Nc4ccc(C)cc4C)NC3=O)cc2C(C)=CC1(C)C. The number of thioether (sulfide) groups is 1. The summed E-state index contributed by atoms with van der Waals surface area (Å²) in [4.78, 5) is 20.3. The van der Waals surface area contributed by atoms with Gasteiger partial charge in [0.15, 0.2) is 5.17 Å². The molecule has 2 aromatic rings. The summed E-state index contributed by atoms with van der Waals surface area (Å²) in [6, 6.07) is 12.6. The molecule has 2 aromatic carbocycles. The number of aryl methyl sites for hydroxylation is 2. The van der Waals surface area contributed by atoms with E-state index in [4.69, 9.17) is 0 Å². The third-order valence-corrected chi connectivity index (χ3v) is 6.75. The Morgan fingerprint density at radius 2 is 1.90 bits per heavy atom. The molecule has 1 fully saturated rings. The van der Waals surface area contributed by atoms with E-state index in [9.17, 15) is 4.79 Å². The van der Waals surface area contributed by atoms with E-state index in [0.29, 0.717) is 10.1 Å². The first-order chi connectivity index (χ1) is 14.7. The fourth-order valence-corrected chi connectivity index (χ4v) is 5.28. The van der Waals surface area contributed by atoms with E-state index in [0.717, 1.165) is 23.4 Å². The highest BCUT2D eigenvalue weighted by Gasteiger charge is 2.30. The number of hydrogen-bond acceptors (Lipinski definition) is 4. The summed E-state index contributed by atoms with van der Waals surface area (Å²) in [5.41, 5.74) is 7.93. The van der Waals surface area contributed by atoms with Gasteiger partial charge in [-0.15, -0.1) is 0 Å². The highest BCUT2D eigenvalue weighted by Crippen LogP contribution is 2.39. The fourth-order valence-electron chi connectivity index (χ4n) is 4.44. The van der Waals surface area contributed by atoms with Gasteiger partial charge in [-0.25, -0.2) is 4.99 Å². The summed E-state index contributed by atoms with van der Waals surface area (Å²) in [5.74, 6) is -0.102. The highest BCUT2D eigenvalue weighted by molar-refractivity contribution is 8.18. The molecule has 0 radical (unpaired) electrons. The molecule has 0 aromatic heterocycles. The van der Waals surface area contributed by atoms with Gasteiger partial charge in [-0.1, -0.05) is 29.8 Å². The van der Waals surface area contributed by atoms with E-state index in [2.05, 4.69) is 80.2 Å². The molecule has 1 N–H and O–H groups in total. The summed E-state index contributed by atoms with van der Waals surface area (Å²) >= 11 is 1.39. The van der Waals surface area contributed by atoms with Crippen molar-refractivity contribution in [2.45, 2.75) is 47.1 Å². The van der Waals surface area contributed by atoms with Crippen LogP contribution < -0.4 is 10.2 Å². The zero-order chi connectivity index (χ0) is 22.3. The Morgan fingerprint density at radius 3 is 2.61 bits per heavy atom. The minimum absolute atomic E-state index is 0.00746. The topological polar surface area (TPSA) is 44.7 Å². The first kappa shape index (κ1) is 21.4. The molecule has 0 spiro atoms. The molecule has 1 saturated heterocycles. The van der Waals surface area contributed by atoms with Crippen LogP contribution >= 0.6 is 11.8 Å². The smallest absolute Gasteiger partial charge is 0.264 e. The van der Waals surface area contributed by atoms with Crippen LogP contribution in [-0.4, -0.2) is 23.2 Å². The molecule has 4 rings (SSSR count). The Bertz CT molecular complexity index is 1160. The number of rotatable bonds is 3. The molecule has 2 aliphatic rings. The number of fused-ring (bicyclic) bond motifs is 1.